The maximum atomic E-state index is 5.09. The van der Waals surface area contributed by atoms with Gasteiger partial charge in [-0.2, -0.15) is 12.6 Å². The maximum absolute atomic E-state index is 5.09. The van der Waals surface area contributed by atoms with Crippen molar-refractivity contribution >= 4 is 12.6 Å². The van der Waals surface area contributed by atoms with Crippen molar-refractivity contribution in [3.63, 3.8) is 0 Å². The molecule has 1 aromatic heterocycles. The van der Waals surface area contributed by atoms with Crippen LogP contribution in [0.3, 0.4) is 0 Å². The molecule has 66 valence electrons. The molecule has 1 aromatic rings. The summed E-state index contributed by atoms with van der Waals surface area (Å²) >= 11 is 4.17. The lowest BCUT2D eigenvalue weighted by Crippen LogP contribution is -1.95. The molecular formula is C8H11NO2S. The van der Waals surface area contributed by atoms with Gasteiger partial charge >= 0.3 is 0 Å². The van der Waals surface area contributed by atoms with Crippen molar-refractivity contribution in [2.45, 2.75) is 5.75 Å². The number of thiol groups is 1. The Labute approximate surface area is 77.1 Å². The van der Waals surface area contributed by atoms with Gasteiger partial charge in [-0.15, -0.1) is 0 Å². The first kappa shape index (κ1) is 9.19. The van der Waals surface area contributed by atoms with Crippen molar-refractivity contribution in [2.24, 2.45) is 0 Å². The van der Waals surface area contributed by atoms with Crippen LogP contribution < -0.4 is 9.47 Å². The number of methoxy groups -OCH3 is 2. The van der Waals surface area contributed by atoms with Crippen LogP contribution in [-0.2, 0) is 5.75 Å². The van der Waals surface area contributed by atoms with E-state index in [1.807, 2.05) is 0 Å². The molecule has 0 N–H and O–H groups in total. The van der Waals surface area contributed by atoms with Gasteiger partial charge in [-0.05, 0) is 0 Å². The molecule has 0 aliphatic heterocycles. The Morgan fingerprint density at radius 1 is 1.25 bits per heavy atom. The average molecular weight is 185 g/mol. The molecule has 0 bridgehead atoms. The highest BCUT2D eigenvalue weighted by atomic mass is 32.1. The van der Waals surface area contributed by atoms with Gasteiger partial charge in [-0.1, -0.05) is 0 Å². The molecule has 0 amide bonds. The molecule has 0 aliphatic carbocycles. The van der Waals surface area contributed by atoms with Crippen LogP contribution in [0.15, 0.2) is 12.4 Å². The molecule has 0 fully saturated rings. The number of pyridine rings is 1. The van der Waals surface area contributed by atoms with E-state index >= 15 is 0 Å². The van der Waals surface area contributed by atoms with E-state index in [9.17, 15) is 0 Å². The molecule has 12 heavy (non-hydrogen) atoms. The van der Waals surface area contributed by atoms with Gasteiger partial charge in [0.1, 0.15) is 11.5 Å². The number of ether oxygens (including phenoxy) is 2. The van der Waals surface area contributed by atoms with Gasteiger partial charge in [0.2, 0.25) is 0 Å². The normalized spacial score (nSPS) is 9.58. The Hall–Kier alpha value is -0.900. The van der Waals surface area contributed by atoms with Crippen molar-refractivity contribution < 1.29 is 9.47 Å². The summed E-state index contributed by atoms with van der Waals surface area (Å²) in [4.78, 5) is 3.95. The SMILES string of the molecule is COc1cncc(OC)c1CS. The first-order chi connectivity index (χ1) is 5.83. The zero-order valence-corrected chi connectivity index (χ0v) is 7.97. The standard InChI is InChI=1S/C8H11NO2S/c1-10-7-3-9-4-8(11-2)6(7)5-12/h3-4,12H,5H2,1-2H3. The first-order valence-corrected chi connectivity index (χ1v) is 4.12. The van der Waals surface area contributed by atoms with Gasteiger partial charge in [0.25, 0.3) is 0 Å². The third kappa shape index (κ3) is 1.64. The number of hydrogen-bond acceptors (Lipinski definition) is 4. The molecule has 0 saturated heterocycles. The van der Waals surface area contributed by atoms with Crippen molar-refractivity contribution in [1.29, 1.82) is 0 Å². The Kier molecular flexibility index (Phi) is 3.22. The van der Waals surface area contributed by atoms with Crippen LogP contribution in [0.25, 0.3) is 0 Å². The van der Waals surface area contributed by atoms with Crippen molar-refractivity contribution in [3.05, 3.63) is 18.0 Å². The third-order valence-electron chi connectivity index (χ3n) is 1.58. The second kappa shape index (κ2) is 4.21. The van der Waals surface area contributed by atoms with E-state index in [1.54, 1.807) is 26.6 Å². The minimum Gasteiger partial charge on any atom is -0.495 e. The molecule has 0 unspecified atom stereocenters. The fourth-order valence-corrected chi connectivity index (χ4v) is 1.27. The van der Waals surface area contributed by atoms with Crippen molar-refractivity contribution in [1.82, 2.24) is 4.98 Å². The van der Waals surface area contributed by atoms with E-state index < -0.39 is 0 Å². The first-order valence-electron chi connectivity index (χ1n) is 3.49. The molecule has 0 atom stereocenters. The zero-order chi connectivity index (χ0) is 8.97. The molecule has 0 radical (unpaired) electrons. The smallest absolute Gasteiger partial charge is 0.144 e. The predicted molar refractivity (Wildman–Crippen MR) is 50.0 cm³/mol. The fourth-order valence-electron chi connectivity index (χ4n) is 0.958. The topological polar surface area (TPSA) is 31.4 Å². The van der Waals surface area contributed by atoms with E-state index in [4.69, 9.17) is 9.47 Å². The highest BCUT2D eigenvalue weighted by Crippen LogP contribution is 2.27. The Morgan fingerprint density at radius 3 is 2.08 bits per heavy atom. The van der Waals surface area contributed by atoms with Crippen molar-refractivity contribution in [3.8, 4) is 11.5 Å². The Balaban J connectivity index is 3.13. The van der Waals surface area contributed by atoms with E-state index in [0.717, 1.165) is 5.56 Å². The van der Waals surface area contributed by atoms with Crippen molar-refractivity contribution in [2.75, 3.05) is 14.2 Å². The number of nitrogens with zero attached hydrogens (tertiary/aromatic N) is 1. The van der Waals surface area contributed by atoms with E-state index in [1.165, 1.54) is 0 Å². The maximum Gasteiger partial charge on any atom is 0.144 e. The second-order valence-electron chi connectivity index (χ2n) is 2.18. The van der Waals surface area contributed by atoms with Crippen LogP contribution in [0.5, 0.6) is 11.5 Å². The molecule has 0 spiro atoms. The monoisotopic (exact) mass is 185 g/mol. The highest BCUT2D eigenvalue weighted by Gasteiger charge is 2.07. The number of hydrogen-bond donors (Lipinski definition) is 1. The molecular weight excluding hydrogens is 174 g/mol. The third-order valence-corrected chi connectivity index (χ3v) is 1.89. The van der Waals surface area contributed by atoms with Crippen LogP contribution in [0.2, 0.25) is 0 Å². The summed E-state index contributed by atoms with van der Waals surface area (Å²) in [6, 6.07) is 0. The van der Waals surface area contributed by atoms with Gasteiger partial charge in [0.15, 0.2) is 0 Å². The lowest BCUT2D eigenvalue weighted by Gasteiger charge is -2.09. The highest BCUT2D eigenvalue weighted by molar-refractivity contribution is 7.79. The minimum atomic E-state index is 0.578. The fraction of sp³-hybridized carbons (Fsp3) is 0.375. The van der Waals surface area contributed by atoms with E-state index in [-0.39, 0.29) is 0 Å². The van der Waals surface area contributed by atoms with Crippen LogP contribution in [0.4, 0.5) is 0 Å². The molecule has 1 rings (SSSR count). The summed E-state index contributed by atoms with van der Waals surface area (Å²) in [7, 11) is 3.20. The van der Waals surface area contributed by atoms with Gasteiger partial charge in [0.05, 0.1) is 26.6 Å². The quantitative estimate of drug-likeness (QED) is 0.724. The molecule has 1 heterocycles. The van der Waals surface area contributed by atoms with Gasteiger partial charge in [-0.3, -0.25) is 4.98 Å². The molecule has 0 saturated carbocycles. The predicted octanol–water partition coefficient (Wildman–Crippen LogP) is 1.53. The molecule has 3 nitrogen and oxygen atoms in total. The van der Waals surface area contributed by atoms with Crippen LogP contribution in [-0.4, -0.2) is 19.2 Å². The summed E-state index contributed by atoms with van der Waals surface area (Å²) in [5.41, 5.74) is 0.929. The zero-order valence-electron chi connectivity index (χ0n) is 7.07. The van der Waals surface area contributed by atoms with E-state index in [0.29, 0.717) is 17.3 Å². The summed E-state index contributed by atoms with van der Waals surface area (Å²) in [6.45, 7) is 0. The Morgan fingerprint density at radius 2 is 1.75 bits per heavy atom. The van der Waals surface area contributed by atoms with Gasteiger partial charge in [0, 0.05) is 11.3 Å². The summed E-state index contributed by atoms with van der Waals surface area (Å²) < 4.78 is 10.2. The Bertz CT molecular complexity index is 243. The second-order valence-corrected chi connectivity index (χ2v) is 2.50. The van der Waals surface area contributed by atoms with E-state index in [2.05, 4.69) is 17.6 Å². The molecule has 4 heteroatoms. The molecule has 0 aromatic carbocycles. The summed E-state index contributed by atoms with van der Waals surface area (Å²) in [6.07, 6.45) is 3.29. The lowest BCUT2D eigenvalue weighted by molar-refractivity contribution is 0.385. The van der Waals surface area contributed by atoms with Gasteiger partial charge in [-0.25, -0.2) is 0 Å². The van der Waals surface area contributed by atoms with Crippen LogP contribution >= 0.6 is 12.6 Å². The largest absolute Gasteiger partial charge is 0.495 e. The summed E-state index contributed by atoms with van der Waals surface area (Å²) in [5.74, 6) is 2.00. The molecule has 0 aliphatic rings. The lowest BCUT2D eigenvalue weighted by atomic mass is 10.2. The summed E-state index contributed by atoms with van der Waals surface area (Å²) in [5, 5.41) is 0. The number of aromatic nitrogens is 1. The van der Waals surface area contributed by atoms with Crippen LogP contribution in [0.1, 0.15) is 5.56 Å². The van der Waals surface area contributed by atoms with Crippen LogP contribution in [0, 0.1) is 0 Å². The minimum absolute atomic E-state index is 0.578. The number of rotatable bonds is 3. The van der Waals surface area contributed by atoms with Gasteiger partial charge < -0.3 is 9.47 Å². The average Bonchev–Trinajstić information content (AvgIpc) is 2.16.